The van der Waals surface area contributed by atoms with Gasteiger partial charge in [-0.15, -0.1) is 0 Å². The standard InChI is InChI=1S/C14H19ClN4/c1-19-8-7-17-14(19)6-5-13(18-16)10-11-3-2-4-12(15)9-11/h2-4,7-9,13,18H,5-6,10,16H2,1H3. The van der Waals surface area contributed by atoms with Gasteiger partial charge in [0.2, 0.25) is 0 Å². The van der Waals surface area contributed by atoms with Gasteiger partial charge in [0.15, 0.2) is 0 Å². The molecule has 19 heavy (non-hydrogen) atoms. The fraction of sp³-hybridized carbons (Fsp3) is 0.357. The van der Waals surface area contributed by atoms with Gasteiger partial charge in [-0.25, -0.2) is 4.98 Å². The molecule has 0 bridgehead atoms. The van der Waals surface area contributed by atoms with Crippen LogP contribution < -0.4 is 11.3 Å². The summed E-state index contributed by atoms with van der Waals surface area (Å²) in [7, 11) is 2.00. The van der Waals surface area contributed by atoms with Crippen LogP contribution in [0.3, 0.4) is 0 Å². The third kappa shape index (κ3) is 4.06. The highest BCUT2D eigenvalue weighted by molar-refractivity contribution is 6.30. The molecule has 2 rings (SSSR count). The summed E-state index contributed by atoms with van der Waals surface area (Å²) >= 11 is 5.99. The lowest BCUT2D eigenvalue weighted by molar-refractivity contribution is 0.483. The molecule has 0 spiro atoms. The van der Waals surface area contributed by atoms with Crippen LogP contribution in [0.5, 0.6) is 0 Å². The first kappa shape index (κ1) is 14.1. The minimum Gasteiger partial charge on any atom is -0.338 e. The molecular formula is C14H19ClN4. The van der Waals surface area contributed by atoms with Crippen LogP contribution in [0.25, 0.3) is 0 Å². The molecule has 0 saturated heterocycles. The van der Waals surface area contributed by atoms with E-state index in [1.807, 2.05) is 42.2 Å². The Balaban J connectivity index is 1.92. The zero-order valence-electron chi connectivity index (χ0n) is 11.0. The number of halogens is 1. The number of nitrogens with two attached hydrogens (primary N) is 1. The van der Waals surface area contributed by atoms with Crippen LogP contribution in [0.2, 0.25) is 5.02 Å². The third-order valence-electron chi connectivity index (χ3n) is 3.24. The Morgan fingerprint density at radius 2 is 2.32 bits per heavy atom. The average Bonchev–Trinajstić information content (AvgIpc) is 2.80. The number of hydrogen-bond donors (Lipinski definition) is 2. The molecule has 1 aromatic carbocycles. The van der Waals surface area contributed by atoms with Gasteiger partial charge in [-0.3, -0.25) is 11.3 Å². The first-order valence-electron chi connectivity index (χ1n) is 6.36. The highest BCUT2D eigenvalue weighted by Gasteiger charge is 2.10. The summed E-state index contributed by atoms with van der Waals surface area (Å²) in [6, 6.07) is 8.10. The molecule has 1 unspecified atom stereocenters. The molecule has 0 aliphatic heterocycles. The second kappa shape index (κ2) is 6.70. The van der Waals surface area contributed by atoms with Gasteiger partial charge in [0, 0.05) is 36.9 Å². The summed E-state index contributed by atoms with van der Waals surface area (Å²) in [5, 5.41) is 0.761. The van der Waals surface area contributed by atoms with Crippen LogP contribution in [-0.2, 0) is 19.9 Å². The second-order valence-corrected chi connectivity index (χ2v) is 5.13. The largest absolute Gasteiger partial charge is 0.338 e. The Hall–Kier alpha value is -1.36. The molecule has 0 aliphatic carbocycles. The zero-order valence-corrected chi connectivity index (χ0v) is 11.8. The summed E-state index contributed by atoms with van der Waals surface area (Å²) in [6.07, 6.45) is 6.47. The minimum atomic E-state index is 0.218. The molecule has 0 radical (unpaired) electrons. The third-order valence-corrected chi connectivity index (χ3v) is 3.48. The Kier molecular flexibility index (Phi) is 4.96. The van der Waals surface area contributed by atoms with Crippen molar-refractivity contribution < 1.29 is 0 Å². The summed E-state index contributed by atoms with van der Waals surface area (Å²) < 4.78 is 2.03. The van der Waals surface area contributed by atoms with E-state index in [4.69, 9.17) is 17.4 Å². The maximum Gasteiger partial charge on any atom is 0.108 e. The van der Waals surface area contributed by atoms with Crippen LogP contribution >= 0.6 is 11.6 Å². The number of hydrogen-bond acceptors (Lipinski definition) is 3. The predicted octanol–water partition coefficient (Wildman–Crippen LogP) is 2.08. The smallest absolute Gasteiger partial charge is 0.108 e. The first-order chi connectivity index (χ1) is 9.19. The molecule has 0 fully saturated rings. The molecule has 5 heteroatoms. The van der Waals surface area contributed by atoms with Gasteiger partial charge in [0.1, 0.15) is 5.82 Å². The number of benzene rings is 1. The van der Waals surface area contributed by atoms with Gasteiger partial charge in [-0.1, -0.05) is 23.7 Å². The van der Waals surface area contributed by atoms with E-state index in [9.17, 15) is 0 Å². The number of hydrazine groups is 1. The van der Waals surface area contributed by atoms with Crippen molar-refractivity contribution in [2.24, 2.45) is 12.9 Å². The fourth-order valence-corrected chi connectivity index (χ4v) is 2.35. The minimum absolute atomic E-state index is 0.218. The number of nitrogens with zero attached hydrogens (tertiary/aromatic N) is 2. The number of aryl methyl sites for hydroxylation is 2. The summed E-state index contributed by atoms with van der Waals surface area (Å²) in [5.41, 5.74) is 4.06. The van der Waals surface area contributed by atoms with E-state index < -0.39 is 0 Å². The van der Waals surface area contributed by atoms with Crippen molar-refractivity contribution in [3.05, 3.63) is 53.1 Å². The van der Waals surface area contributed by atoms with Gasteiger partial charge in [-0.05, 0) is 30.5 Å². The van der Waals surface area contributed by atoms with Gasteiger partial charge >= 0.3 is 0 Å². The summed E-state index contributed by atoms with van der Waals surface area (Å²) in [6.45, 7) is 0. The van der Waals surface area contributed by atoms with E-state index in [0.29, 0.717) is 0 Å². The Morgan fingerprint density at radius 3 is 2.95 bits per heavy atom. The molecule has 1 atom stereocenters. The molecule has 4 nitrogen and oxygen atoms in total. The van der Waals surface area contributed by atoms with Crippen molar-refractivity contribution in [2.75, 3.05) is 0 Å². The molecule has 3 N–H and O–H groups in total. The quantitative estimate of drug-likeness (QED) is 0.628. The molecule has 1 heterocycles. The molecule has 0 saturated carbocycles. The van der Waals surface area contributed by atoms with Crippen molar-refractivity contribution in [3.8, 4) is 0 Å². The van der Waals surface area contributed by atoms with Crippen molar-refractivity contribution in [1.29, 1.82) is 0 Å². The van der Waals surface area contributed by atoms with Crippen molar-refractivity contribution in [1.82, 2.24) is 15.0 Å². The average molecular weight is 279 g/mol. The van der Waals surface area contributed by atoms with Crippen LogP contribution in [-0.4, -0.2) is 15.6 Å². The van der Waals surface area contributed by atoms with Crippen molar-refractivity contribution in [3.63, 3.8) is 0 Å². The maximum atomic E-state index is 5.99. The molecule has 2 aromatic rings. The molecule has 0 amide bonds. The molecule has 1 aromatic heterocycles. The van der Waals surface area contributed by atoms with E-state index >= 15 is 0 Å². The van der Waals surface area contributed by atoms with Gasteiger partial charge < -0.3 is 4.57 Å². The van der Waals surface area contributed by atoms with E-state index in [-0.39, 0.29) is 6.04 Å². The lowest BCUT2D eigenvalue weighted by Gasteiger charge is -2.16. The zero-order chi connectivity index (χ0) is 13.7. The summed E-state index contributed by atoms with van der Waals surface area (Å²) in [5.74, 6) is 6.70. The Labute approximate surface area is 118 Å². The molecule has 0 aliphatic rings. The van der Waals surface area contributed by atoms with E-state index in [1.165, 1.54) is 5.56 Å². The Bertz CT molecular complexity index is 524. The highest BCUT2D eigenvalue weighted by Crippen LogP contribution is 2.14. The van der Waals surface area contributed by atoms with Crippen LogP contribution in [0.4, 0.5) is 0 Å². The van der Waals surface area contributed by atoms with Gasteiger partial charge in [0.25, 0.3) is 0 Å². The van der Waals surface area contributed by atoms with E-state index in [1.54, 1.807) is 0 Å². The van der Waals surface area contributed by atoms with Crippen LogP contribution in [0.1, 0.15) is 17.8 Å². The van der Waals surface area contributed by atoms with Gasteiger partial charge in [-0.2, -0.15) is 0 Å². The lowest BCUT2D eigenvalue weighted by Crippen LogP contribution is -2.37. The van der Waals surface area contributed by atoms with Crippen molar-refractivity contribution >= 4 is 11.6 Å². The van der Waals surface area contributed by atoms with E-state index in [0.717, 1.165) is 30.1 Å². The number of aromatic nitrogens is 2. The second-order valence-electron chi connectivity index (χ2n) is 4.69. The molecule has 102 valence electrons. The first-order valence-corrected chi connectivity index (χ1v) is 6.73. The monoisotopic (exact) mass is 278 g/mol. The highest BCUT2D eigenvalue weighted by atomic mass is 35.5. The Morgan fingerprint density at radius 1 is 1.47 bits per heavy atom. The van der Waals surface area contributed by atoms with Gasteiger partial charge in [0.05, 0.1) is 0 Å². The SMILES string of the molecule is Cn1ccnc1CCC(Cc1cccc(Cl)c1)NN. The van der Waals surface area contributed by atoms with Crippen molar-refractivity contribution in [2.45, 2.75) is 25.3 Å². The maximum absolute atomic E-state index is 5.99. The summed E-state index contributed by atoms with van der Waals surface area (Å²) in [4.78, 5) is 4.32. The normalized spacial score (nSPS) is 12.6. The number of rotatable bonds is 6. The lowest BCUT2D eigenvalue weighted by atomic mass is 10.0. The topological polar surface area (TPSA) is 55.9 Å². The van der Waals surface area contributed by atoms with Crippen LogP contribution in [0.15, 0.2) is 36.7 Å². The van der Waals surface area contributed by atoms with E-state index in [2.05, 4.69) is 16.5 Å². The predicted molar refractivity (Wildman–Crippen MR) is 77.8 cm³/mol. The number of nitrogens with one attached hydrogen (secondary N) is 1. The number of imidazole rings is 1. The molecular weight excluding hydrogens is 260 g/mol. The fourth-order valence-electron chi connectivity index (χ4n) is 2.13. The van der Waals surface area contributed by atoms with Crippen LogP contribution in [0, 0.1) is 0 Å².